The Labute approximate surface area is 134 Å². The van der Waals surface area contributed by atoms with Crippen LogP contribution in [-0.4, -0.2) is 24.3 Å². The van der Waals surface area contributed by atoms with Crippen molar-refractivity contribution in [3.8, 4) is 11.5 Å². The summed E-state index contributed by atoms with van der Waals surface area (Å²) in [5.74, 6) is 0.0819. The largest absolute Gasteiger partial charge is 0.496 e. The number of carboxylic acid groups (broad SMARTS) is 1. The van der Waals surface area contributed by atoms with E-state index < -0.39 is 12.1 Å². The molecule has 116 valence electrons. The second-order valence-corrected chi connectivity index (χ2v) is 5.35. The van der Waals surface area contributed by atoms with Gasteiger partial charge in [-0.1, -0.05) is 29.3 Å². The Morgan fingerprint density at radius 1 is 1.23 bits per heavy atom. The smallest absolute Gasteiger partial charge is 0.345 e. The number of rotatable bonds is 6. The molecule has 0 aliphatic rings. The minimum atomic E-state index is -1.03. The molecular formula is C17H17ClO4. The molecule has 0 unspecified atom stereocenters. The number of ether oxygens (including phenoxy) is 2. The van der Waals surface area contributed by atoms with E-state index in [9.17, 15) is 9.90 Å². The molecule has 0 spiro atoms. The van der Waals surface area contributed by atoms with Gasteiger partial charge in [0.25, 0.3) is 0 Å². The van der Waals surface area contributed by atoms with Crippen LogP contribution in [0.15, 0.2) is 42.5 Å². The lowest BCUT2D eigenvalue weighted by Gasteiger charge is -2.17. The highest BCUT2D eigenvalue weighted by Gasteiger charge is 2.22. The molecule has 2 aromatic carbocycles. The Morgan fingerprint density at radius 2 is 1.91 bits per heavy atom. The molecule has 5 heteroatoms. The fraction of sp³-hybridized carbons (Fsp3) is 0.235. The average molecular weight is 321 g/mol. The maximum atomic E-state index is 11.5. The molecule has 0 aliphatic heterocycles. The molecule has 0 saturated carbocycles. The zero-order valence-corrected chi connectivity index (χ0v) is 13.1. The summed E-state index contributed by atoms with van der Waals surface area (Å²) in [7, 11) is 1.56. The Balaban J connectivity index is 2.20. The zero-order chi connectivity index (χ0) is 16.1. The number of benzene rings is 2. The van der Waals surface area contributed by atoms with Crippen LogP contribution in [0.25, 0.3) is 0 Å². The SMILES string of the molecule is COc1ccc(C)cc1C[C@H](Oc1ccc(Cl)cc1)C(=O)O. The minimum absolute atomic E-state index is 0.211. The van der Waals surface area contributed by atoms with Gasteiger partial charge in [-0.3, -0.25) is 0 Å². The molecule has 0 aromatic heterocycles. The molecular weight excluding hydrogens is 304 g/mol. The molecule has 0 aliphatic carbocycles. The minimum Gasteiger partial charge on any atom is -0.496 e. The number of carboxylic acids is 1. The van der Waals surface area contributed by atoms with Crippen LogP contribution in [0.4, 0.5) is 0 Å². The molecule has 0 heterocycles. The summed E-state index contributed by atoms with van der Waals surface area (Å²) in [5, 5.41) is 9.96. The first-order valence-corrected chi connectivity index (χ1v) is 7.16. The second kappa shape index (κ2) is 7.18. The van der Waals surface area contributed by atoms with Gasteiger partial charge in [0.1, 0.15) is 11.5 Å². The molecule has 4 nitrogen and oxygen atoms in total. The number of carbonyl (C=O) groups is 1. The fourth-order valence-electron chi connectivity index (χ4n) is 2.12. The molecule has 1 N–H and O–H groups in total. The van der Waals surface area contributed by atoms with Crippen LogP contribution in [0, 0.1) is 6.92 Å². The van der Waals surface area contributed by atoms with Crippen molar-refractivity contribution in [2.45, 2.75) is 19.4 Å². The van der Waals surface area contributed by atoms with Gasteiger partial charge in [-0.2, -0.15) is 0 Å². The molecule has 0 bridgehead atoms. The van der Waals surface area contributed by atoms with Gasteiger partial charge >= 0.3 is 5.97 Å². The molecule has 0 radical (unpaired) electrons. The number of hydrogen-bond donors (Lipinski definition) is 1. The number of methoxy groups -OCH3 is 1. The van der Waals surface area contributed by atoms with E-state index in [1.165, 1.54) is 0 Å². The first-order valence-electron chi connectivity index (χ1n) is 6.78. The summed E-state index contributed by atoms with van der Waals surface area (Å²) in [5.41, 5.74) is 1.83. The quantitative estimate of drug-likeness (QED) is 0.881. The van der Waals surface area contributed by atoms with E-state index >= 15 is 0 Å². The molecule has 0 saturated heterocycles. The highest BCUT2D eigenvalue weighted by molar-refractivity contribution is 6.30. The monoisotopic (exact) mass is 320 g/mol. The normalized spacial score (nSPS) is 11.8. The Kier molecular flexibility index (Phi) is 5.28. The van der Waals surface area contributed by atoms with Crippen molar-refractivity contribution in [3.63, 3.8) is 0 Å². The number of aliphatic carboxylic acids is 1. The lowest BCUT2D eigenvalue weighted by atomic mass is 10.0. The van der Waals surface area contributed by atoms with E-state index in [4.69, 9.17) is 21.1 Å². The summed E-state index contributed by atoms with van der Waals surface area (Å²) in [6, 6.07) is 12.2. The molecule has 0 fully saturated rings. The van der Waals surface area contributed by atoms with Crippen LogP contribution in [0.2, 0.25) is 5.02 Å². The standard InChI is InChI=1S/C17H17ClO4/c1-11-3-8-15(21-2)12(9-11)10-16(17(19)20)22-14-6-4-13(18)5-7-14/h3-9,16H,10H2,1-2H3,(H,19,20)/t16-/m0/s1. The highest BCUT2D eigenvalue weighted by atomic mass is 35.5. The van der Waals surface area contributed by atoms with E-state index in [0.717, 1.165) is 11.1 Å². The van der Waals surface area contributed by atoms with Crippen LogP contribution >= 0.6 is 11.6 Å². The molecule has 0 amide bonds. The Hall–Kier alpha value is -2.20. The first-order chi connectivity index (χ1) is 10.5. The highest BCUT2D eigenvalue weighted by Crippen LogP contribution is 2.23. The molecule has 2 aromatic rings. The fourth-order valence-corrected chi connectivity index (χ4v) is 2.25. The summed E-state index contributed by atoms with van der Waals surface area (Å²) in [4.78, 5) is 11.5. The zero-order valence-electron chi connectivity index (χ0n) is 12.4. The van der Waals surface area contributed by atoms with E-state index in [0.29, 0.717) is 16.5 Å². The van der Waals surface area contributed by atoms with Gasteiger partial charge in [0.2, 0.25) is 0 Å². The van der Waals surface area contributed by atoms with Crippen molar-refractivity contribution in [2.24, 2.45) is 0 Å². The van der Waals surface area contributed by atoms with Crippen LogP contribution in [0.3, 0.4) is 0 Å². The third kappa shape index (κ3) is 4.15. The van der Waals surface area contributed by atoms with E-state index in [1.54, 1.807) is 31.4 Å². The van der Waals surface area contributed by atoms with Crippen molar-refractivity contribution in [1.82, 2.24) is 0 Å². The van der Waals surface area contributed by atoms with Crippen molar-refractivity contribution < 1.29 is 19.4 Å². The first kappa shape index (κ1) is 16.2. The van der Waals surface area contributed by atoms with Crippen molar-refractivity contribution >= 4 is 17.6 Å². The lowest BCUT2D eigenvalue weighted by molar-refractivity contribution is -0.145. The predicted molar refractivity (Wildman–Crippen MR) is 84.9 cm³/mol. The molecule has 2 rings (SSSR count). The number of halogens is 1. The third-order valence-electron chi connectivity index (χ3n) is 3.21. The summed E-state index contributed by atoms with van der Waals surface area (Å²) in [6.45, 7) is 1.94. The van der Waals surface area contributed by atoms with Crippen LogP contribution in [0.1, 0.15) is 11.1 Å². The van der Waals surface area contributed by atoms with Gasteiger partial charge in [0, 0.05) is 11.4 Å². The maximum Gasteiger partial charge on any atom is 0.345 e. The van der Waals surface area contributed by atoms with Gasteiger partial charge in [-0.25, -0.2) is 4.79 Å². The predicted octanol–water partition coefficient (Wildman–Crippen LogP) is 3.73. The maximum absolute atomic E-state index is 11.5. The van der Waals surface area contributed by atoms with Crippen molar-refractivity contribution in [3.05, 3.63) is 58.6 Å². The Morgan fingerprint density at radius 3 is 2.50 bits per heavy atom. The van der Waals surface area contributed by atoms with Gasteiger partial charge in [-0.05, 0) is 42.8 Å². The topological polar surface area (TPSA) is 55.8 Å². The van der Waals surface area contributed by atoms with Crippen molar-refractivity contribution in [2.75, 3.05) is 7.11 Å². The van der Waals surface area contributed by atoms with Crippen LogP contribution in [0.5, 0.6) is 11.5 Å². The summed E-state index contributed by atoms with van der Waals surface area (Å²) in [6.07, 6.45) is -0.792. The Bertz CT molecular complexity index is 652. The summed E-state index contributed by atoms with van der Waals surface area (Å²) >= 11 is 5.81. The van der Waals surface area contributed by atoms with Gasteiger partial charge in [-0.15, -0.1) is 0 Å². The van der Waals surface area contributed by atoms with Crippen LogP contribution < -0.4 is 9.47 Å². The van der Waals surface area contributed by atoms with Gasteiger partial charge in [0.05, 0.1) is 7.11 Å². The number of aryl methyl sites for hydroxylation is 1. The molecule has 1 atom stereocenters. The summed E-state index contributed by atoms with van der Waals surface area (Å²) < 4.78 is 10.8. The van der Waals surface area contributed by atoms with Crippen molar-refractivity contribution in [1.29, 1.82) is 0 Å². The van der Waals surface area contributed by atoms with E-state index in [1.807, 2.05) is 25.1 Å². The van der Waals surface area contributed by atoms with Gasteiger partial charge < -0.3 is 14.6 Å². The second-order valence-electron chi connectivity index (χ2n) is 4.92. The lowest BCUT2D eigenvalue weighted by Crippen LogP contribution is -2.29. The molecule has 22 heavy (non-hydrogen) atoms. The van der Waals surface area contributed by atoms with E-state index in [2.05, 4.69) is 0 Å². The third-order valence-corrected chi connectivity index (χ3v) is 3.46. The number of hydrogen-bond acceptors (Lipinski definition) is 3. The van der Waals surface area contributed by atoms with Gasteiger partial charge in [0.15, 0.2) is 6.10 Å². The average Bonchev–Trinajstić information content (AvgIpc) is 2.49. The van der Waals surface area contributed by atoms with E-state index in [-0.39, 0.29) is 6.42 Å². The van der Waals surface area contributed by atoms with Crippen LogP contribution in [-0.2, 0) is 11.2 Å².